The molecule has 1 amide bonds. The number of aromatic nitrogens is 6. The molecule has 0 fully saturated rings. The molecule has 3 heterocycles. The highest BCUT2D eigenvalue weighted by molar-refractivity contribution is 7.99. The zero-order valence-corrected chi connectivity index (χ0v) is 14.1. The maximum atomic E-state index is 11.9. The number of rotatable bonds is 7. The fourth-order valence-electron chi connectivity index (χ4n) is 1.91. The molecule has 0 saturated carbocycles. The number of nitrogens with one attached hydrogen (secondary N) is 1. The van der Waals surface area contributed by atoms with Gasteiger partial charge in [-0.15, -0.1) is 27.0 Å². The van der Waals surface area contributed by atoms with Gasteiger partial charge in [0.15, 0.2) is 11.0 Å². The van der Waals surface area contributed by atoms with E-state index in [1.54, 1.807) is 24.0 Å². The van der Waals surface area contributed by atoms with Crippen molar-refractivity contribution in [3.05, 3.63) is 42.7 Å². The van der Waals surface area contributed by atoms with Crippen molar-refractivity contribution in [3.63, 3.8) is 0 Å². The van der Waals surface area contributed by atoms with Gasteiger partial charge in [-0.3, -0.25) is 19.7 Å². The van der Waals surface area contributed by atoms with E-state index in [9.17, 15) is 4.79 Å². The van der Waals surface area contributed by atoms with Crippen molar-refractivity contribution in [2.24, 2.45) is 0 Å². The number of carbonyl (C=O) groups excluding carboxylic acids is 1. The van der Waals surface area contributed by atoms with E-state index in [1.807, 2.05) is 16.7 Å². The summed E-state index contributed by atoms with van der Waals surface area (Å²) in [4.78, 5) is 16.0. The molecule has 0 saturated heterocycles. The third kappa shape index (κ3) is 3.84. The molecule has 0 unspecified atom stereocenters. The first-order chi connectivity index (χ1) is 11.8. The summed E-state index contributed by atoms with van der Waals surface area (Å²) >= 11 is 2.57. The van der Waals surface area contributed by atoms with Crippen LogP contribution < -0.4 is 5.32 Å². The Morgan fingerprint density at radius 3 is 3.04 bits per heavy atom. The molecule has 122 valence electrons. The Bertz CT molecular complexity index is 817. The van der Waals surface area contributed by atoms with Crippen LogP contribution in [0.5, 0.6) is 0 Å². The molecule has 3 rings (SSSR count). The van der Waals surface area contributed by atoms with Crippen LogP contribution in [0, 0.1) is 0 Å². The second-order valence-electron chi connectivity index (χ2n) is 4.53. The lowest BCUT2D eigenvalue weighted by molar-refractivity contribution is -0.113. The number of hydrogen-bond acceptors (Lipinski definition) is 8. The molecule has 0 spiro atoms. The minimum absolute atomic E-state index is 0.173. The first-order valence-electron chi connectivity index (χ1n) is 6.91. The molecule has 1 N–H and O–H groups in total. The van der Waals surface area contributed by atoms with Gasteiger partial charge in [-0.05, 0) is 12.1 Å². The van der Waals surface area contributed by atoms with E-state index in [0.29, 0.717) is 22.7 Å². The van der Waals surface area contributed by atoms with Crippen molar-refractivity contribution < 1.29 is 4.79 Å². The van der Waals surface area contributed by atoms with E-state index < -0.39 is 0 Å². The Labute approximate surface area is 146 Å². The fourth-order valence-corrected chi connectivity index (χ4v) is 3.12. The van der Waals surface area contributed by atoms with Gasteiger partial charge < -0.3 is 0 Å². The van der Waals surface area contributed by atoms with Gasteiger partial charge in [0.1, 0.15) is 5.51 Å². The molecule has 0 aliphatic heterocycles. The van der Waals surface area contributed by atoms with E-state index in [0.717, 1.165) is 5.56 Å². The van der Waals surface area contributed by atoms with Gasteiger partial charge in [0.25, 0.3) is 0 Å². The number of carbonyl (C=O) groups is 1. The van der Waals surface area contributed by atoms with Gasteiger partial charge >= 0.3 is 0 Å². The van der Waals surface area contributed by atoms with E-state index >= 15 is 0 Å². The lowest BCUT2D eigenvalue weighted by Crippen LogP contribution is -2.14. The summed E-state index contributed by atoms with van der Waals surface area (Å²) in [5.41, 5.74) is 2.42. The monoisotopic (exact) mass is 359 g/mol. The molecule has 0 bridgehead atoms. The number of hydrogen-bond donors (Lipinski definition) is 1. The van der Waals surface area contributed by atoms with Crippen LogP contribution in [0.25, 0.3) is 11.4 Å². The Morgan fingerprint density at radius 1 is 1.42 bits per heavy atom. The number of thioether (sulfide) groups is 1. The minimum atomic E-state index is -0.173. The zero-order chi connectivity index (χ0) is 16.8. The topological polar surface area (TPSA) is 98.5 Å². The molecule has 10 heteroatoms. The standard InChI is InChI=1S/C14H13N7OS2/c1-2-6-21-12(10-4-3-5-15-7-10)18-20-14(21)23-8-11(22)17-13-19-16-9-24-13/h2-5,7,9H,1,6,8H2,(H,17,19,22). The van der Waals surface area contributed by atoms with Crippen LogP contribution >= 0.6 is 23.1 Å². The first-order valence-corrected chi connectivity index (χ1v) is 8.77. The lowest BCUT2D eigenvalue weighted by atomic mass is 10.3. The molecular weight excluding hydrogens is 346 g/mol. The molecular formula is C14H13N7OS2. The SMILES string of the molecule is C=CCn1c(SCC(=O)Nc2nncs2)nnc1-c1cccnc1. The van der Waals surface area contributed by atoms with Crippen LogP contribution in [0.4, 0.5) is 5.13 Å². The van der Waals surface area contributed by atoms with E-state index in [1.165, 1.54) is 23.1 Å². The molecule has 0 aliphatic rings. The third-order valence-electron chi connectivity index (χ3n) is 2.89. The van der Waals surface area contributed by atoms with Crippen molar-refractivity contribution in [3.8, 4) is 11.4 Å². The predicted molar refractivity (Wildman–Crippen MR) is 92.7 cm³/mol. The first kappa shape index (κ1) is 16.3. The molecule has 0 aliphatic carbocycles. The molecule has 3 aromatic heterocycles. The van der Waals surface area contributed by atoms with Crippen molar-refractivity contribution in [2.45, 2.75) is 11.7 Å². The second kappa shape index (κ2) is 7.79. The number of allylic oxidation sites excluding steroid dienone is 1. The maximum Gasteiger partial charge on any atom is 0.236 e. The Hall–Kier alpha value is -2.59. The van der Waals surface area contributed by atoms with Crippen molar-refractivity contribution >= 4 is 34.1 Å². The average Bonchev–Trinajstić information content (AvgIpc) is 3.24. The van der Waals surface area contributed by atoms with Gasteiger partial charge in [-0.1, -0.05) is 29.2 Å². The van der Waals surface area contributed by atoms with Crippen molar-refractivity contribution in [1.82, 2.24) is 29.9 Å². The van der Waals surface area contributed by atoms with E-state index in [-0.39, 0.29) is 11.7 Å². The second-order valence-corrected chi connectivity index (χ2v) is 6.30. The number of nitrogens with zero attached hydrogens (tertiary/aromatic N) is 6. The molecule has 0 atom stereocenters. The maximum absolute atomic E-state index is 11.9. The summed E-state index contributed by atoms with van der Waals surface area (Å²) < 4.78 is 1.90. The minimum Gasteiger partial charge on any atom is -0.300 e. The van der Waals surface area contributed by atoms with Gasteiger partial charge in [-0.2, -0.15) is 0 Å². The molecule has 0 aromatic carbocycles. The Kier molecular flexibility index (Phi) is 5.29. The van der Waals surface area contributed by atoms with Crippen molar-refractivity contribution in [2.75, 3.05) is 11.1 Å². The highest BCUT2D eigenvalue weighted by Crippen LogP contribution is 2.23. The zero-order valence-electron chi connectivity index (χ0n) is 12.5. The average molecular weight is 359 g/mol. The van der Waals surface area contributed by atoms with E-state index in [2.05, 4.69) is 37.3 Å². The largest absolute Gasteiger partial charge is 0.300 e. The van der Waals surface area contributed by atoms with E-state index in [4.69, 9.17) is 0 Å². The predicted octanol–water partition coefficient (Wildman–Crippen LogP) is 2.11. The summed E-state index contributed by atoms with van der Waals surface area (Å²) in [6.45, 7) is 4.30. The Balaban J connectivity index is 1.72. The number of pyridine rings is 1. The van der Waals surface area contributed by atoms with Gasteiger partial charge in [0.2, 0.25) is 11.0 Å². The highest BCUT2D eigenvalue weighted by Gasteiger charge is 2.15. The van der Waals surface area contributed by atoms with Crippen molar-refractivity contribution in [1.29, 1.82) is 0 Å². The van der Waals surface area contributed by atoms with Crippen LogP contribution in [-0.4, -0.2) is 41.6 Å². The normalized spacial score (nSPS) is 10.5. The third-order valence-corrected chi connectivity index (χ3v) is 4.46. The Morgan fingerprint density at radius 2 is 2.33 bits per heavy atom. The highest BCUT2D eigenvalue weighted by atomic mass is 32.2. The van der Waals surface area contributed by atoms with Crippen LogP contribution in [-0.2, 0) is 11.3 Å². The number of anilines is 1. The molecule has 3 aromatic rings. The van der Waals surface area contributed by atoms with Gasteiger partial charge in [0.05, 0.1) is 5.75 Å². The quantitative estimate of drug-likeness (QED) is 0.509. The number of amides is 1. The van der Waals surface area contributed by atoms with Gasteiger partial charge in [0, 0.05) is 24.5 Å². The molecule has 24 heavy (non-hydrogen) atoms. The van der Waals surface area contributed by atoms with Crippen LogP contribution in [0.15, 0.2) is 47.8 Å². The van der Waals surface area contributed by atoms with Gasteiger partial charge in [-0.25, -0.2) is 0 Å². The lowest BCUT2D eigenvalue weighted by Gasteiger charge is -2.07. The summed E-state index contributed by atoms with van der Waals surface area (Å²) in [5.74, 6) is 0.713. The smallest absolute Gasteiger partial charge is 0.236 e. The molecule has 8 nitrogen and oxygen atoms in total. The molecule has 0 radical (unpaired) electrons. The summed E-state index contributed by atoms with van der Waals surface area (Å²) in [6.07, 6.45) is 5.18. The van der Waals surface area contributed by atoms with Crippen LogP contribution in [0.3, 0.4) is 0 Å². The summed E-state index contributed by atoms with van der Waals surface area (Å²) in [5, 5.41) is 19.6. The summed E-state index contributed by atoms with van der Waals surface area (Å²) in [7, 11) is 0. The van der Waals surface area contributed by atoms with Crippen LogP contribution in [0.2, 0.25) is 0 Å². The fraction of sp³-hybridized carbons (Fsp3) is 0.143. The summed E-state index contributed by atoms with van der Waals surface area (Å²) in [6, 6.07) is 3.75. The van der Waals surface area contributed by atoms with Crippen LogP contribution in [0.1, 0.15) is 0 Å².